The summed E-state index contributed by atoms with van der Waals surface area (Å²) in [6.07, 6.45) is 1.97. The summed E-state index contributed by atoms with van der Waals surface area (Å²) in [6, 6.07) is 6.59. The van der Waals surface area contributed by atoms with Crippen molar-refractivity contribution in [3.8, 4) is 0 Å². The molecule has 0 bridgehead atoms. The zero-order chi connectivity index (χ0) is 14.5. The first kappa shape index (κ1) is 15.2. The van der Waals surface area contributed by atoms with E-state index in [4.69, 9.17) is 5.11 Å². The summed E-state index contributed by atoms with van der Waals surface area (Å²) >= 11 is 0. The van der Waals surface area contributed by atoms with Crippen LogP contribution in [-0.2, 0) is 11.2 Å². The first-order valence-electron chi connectivity index (χ1n) is 6.48. The number of carbonyl (C=O) groups excluding carboxylic acids is 1. The maximum Gasteiger partial charge on any atom is 0.335 e. The molecule has 2 N–H and O–H groups in total. The molecule has 0 spiro atoms. The Morgan fingerprint density at radius 1 is 1.26 bits per heavy atom. The van der Waals surface area contributed by atoms with Crippen molar-refractivity contribution in [2.75, 3.05) is 0 Å². The van der Waals surface area contributed by atoms with Crippen molar-refractivity contribution in [1.29, 1.82) is 0 Å². The highest BCUT2D eigenvalue weighted by molar-refractivity contribution is 5.91. The van der Waals surface area contributed by atoms with Crippen LogP contribution in [0, 0.1) is 0 Å². The van der Waals surface area contributed by atoms with Crippen LogP contribution in [0.2, 0.25) is 0 Å². The van der Waals surface area contributed by atoms with Gasteiger partial charge in [0.2, 0.25) is 5.91 Å². The van der Waals surface area contributed by atoms with Crippen molar-refractivity contribution in [2.45, 2.75) is 45.6 Å². The lowest BCUT2D eigenvalue weighted by Gasteiger charge is -2.25. The topological polar surface area (TPSA) is 66.4 Å². The molecule has 104 valence electrons. The Hall–Kier alpha value is -1.84. The van der Waals surface area contributed by atoms with Gasteiger partial charge in [-0.3, -0.25) is 4.79 Å². The number of carboxylic acid groups (broad SMARTS) is 1. The lowest BCUT2D eigenvalue weighted by Crippen LogP contribution is -2.44. The van der Waals surface area contributed by atoms with E-state index in [0.29, 0.717) is 5.56 Å². The Bertz CT molecular complexity index is 466. The van der Waals surface area contributed by atoms with E-state index in [1.807, 2.05) is 13.8 Å². The molecule has 0 aliphatic carbocycles. The standard InChI is InChI=1S/C15H21NO3/c1-4-9-15(2,3)16-13(17)10-11-7-5-6-8-12(11)14(18)19/h5-8H,4,9-10H2,1-3H3,(H,16,17)(H,18,19). The molecule has 19 heavy (non-hydrogen) atoms. The molecule has 1 rings (SSSR count). The van der Waals surface area contributed by atoms with E-state index in [-0.39, 0.29) is 23.4 Å². The van der Waals surface area contributed by atoms with Crippen LogP contribution in [0.4, 0.5) is 0 Å². The molecule has 0 radical (unpaired) electrons. The fourth-order valence-corrected chi connectivity index (χ4v) is 2.17. The number of carbonyl (C=O) groups is 2. The number of rotatable bonds is 6. The Labute approximate surface area is 113 Å². The normalized spacial score (nSPS) is 11.1. The van der Waals surface area contributed by atoms with E-state index in [0.717, 1.165) is 12.8 Å². The molecule has 0 saturated carbocycles. The summed E-state index contributed by atoms with van der Waals surface area (Å²) in [5, 5.41) is 12.0. The van der Waals surface area contributed by atoms with Crippen LogP contribution in [0.5, 0.6) is 0 Å². The van der Waals surface area contributed by atoms with Crippen LogP contribution < -0.4 is 5.32 Å². The minimum Gasteiger partial charge on any atom is -0.478 e. The number of hydrogen-bond donors (Lipinski definition) is 2. The molecule has 0 aliphatic heterocycles. The van der Waals surface area contributed by atoms with Gasteiger partial charge >= 0.3 is 5.97 Å². The van der Waals surface area contributed by atoms with Gasteiger partial charge in [0, 0.05) is 5.54 Å². The molecule has 0 aliphatic rings. The van der Waals surface area contributed by atoms with Crippen molar-refractivity contribution < 1.29 is 14.7 Å². The summed E-state index contributed by atoms with van der Waals surface area (Å²) in [6.45, 7) is 6.00. The monoisotopic (exact) mass is 263 g/mol. The fraction of sp³-hybridized carbons (Fsp3) is 0.467. The Kier molecular flexibility index (Phi) is 5.10. The first-order chi connectivity index (χ1) is 8.85. The van der Waals surface area contributed by atoms with Gasteiger partial charge in [0.1, 0.15) is 0 Å². The van der Waals surface area contributed by atoms with E-state index in [9.17, 15) is 9.59 Å². The molecule has 1 aromatic carbocycles. The molecular formula is C15H21NO3. The number of benzene rings is 1. The molecule has 4 heteroatoms. The average Bonchev–Trinajstić information content (AvgIpc) is 2.28. The molecule has 0 fully saturated rings. The van der Waals surface area contributed by atoms with E-state index in [1.165, 1.54) is 6.07 Å². The number of hydrogen-bond acceptors (Lipinski definition) is 2. The lowest BCUT2D eigenvalue weighted by atomic mass is 9.97. The summed E-state index contributed by atoms with van der Waals surface area (Å²) in [7, 11) is 0. The van der Waals surface area contributed by atoms with Gasteiger partial charge in [0.25, 0.3) is 0 Å². The third-order valence-corrected chi connectivity index (χ3v) is 2.95. The number of amides is 1. The summed E-state index contributed by atoms with van der Waals surface area (Å²) in [4.78, 5) is 23.0. The van der Waals surface area contributed by atoms with Crippen molar-refractivity contribution >= 4 is 11.9 Å². The number of nitrogens with one attached hydrogen (secondary N) is 1. The highest BCUT2D eigenvalue weighted by atomic mass is 16.4. The van der Waals surface area contributed by atoms with E-state index in [2.05, 4.69) is 12.2 Å². The molecule has 1 amide bonds. The maximum atomic E-state index is 12.0. The van der Waals surface area contributed by atoms with Crippen LogP contribution >= 0.6 is 0 Å². The summed E-state index contributed by atoms with van der Waals surface area (Å²) < 4.78 is 0. The van der Waals surface area contributed by atoms with Crippen LogP contribution in [0.15, 0.2) is 24.3 Å². The SMILES string of the molecule is CCCC(C)(C)NC(=O)Cc1ccccc1C(=O)O. The smallest absolute Gasteiger partial charge is 0.335 e. The van der Waals surface area contributed by atoms with E-state index in [1.54, 1.807) is 18.2 Å². The van der Waals surface area contributed by atoms with Gasteiger partial charge in [-0.15, -0.1) is 0 Å². The van der Waals surface area contributed by atoms with Gasteiger partial charge < -0.3 is 10.4 Å². The highest BCUT2D eigenvalue weighted by Gasteiger charge is 2.20. The number of aromatic carboxylic acids is 1. The van der Waals surface area contributed by atoms with Crippen molar-refractivity contribution in [3.05, 3.63) is 35.4 Å². The Balaban J connectivity index is 2.75. The molecular weight excluding hydrogens is 242 g/mol. The predicted molar refractivity (Wildman–Crippen MR) is 74.2 cm³/mol. The van der Waals surface area contributed by atoms with Gasteiger partial charge in [-0.1, -0.05) is 31.5 Å². The molecule has 0 unspecified atom stereocenters. The third-order valence-electron chi connectivity index (χ3n) is 2.95. The van der Waals surface area contributed by atoms with Gasteiger partial charge in [-0.2, -0.15) is 0 Å². The minimum atomic E-state index is -1.00. The van der Waals surface area contributed by atoms with Gasteiger partial charge in [-0.05, 0) is 31.9 Å². The molecule has 0 heterocycles. The van der Waals surface area contributed by atoms with Crippen LogP contribution in [0.25, 0.3) is 0 Å². The molecule has 4 nitrogen and oxygen atoms in total. The largest absolute Gasteiger partial charge is 0.478 e. The van der Waals surface area contributed by atoms with Gasteiger partial charge in [-0.25, -0.2) is 4.79 Å². The van der Waals surface area contributed by atoms with Crippen LogP contribution in [0.3, 0.4) is 0 Å². The van der Waals surface area contributed by atoms with E-state index < -0.39 is 5.97 Å². The minimum absolute atomic E-state index is 0.0929. The summed E-state index contributed by atoms with van der Waals surface area (Å²) in [5.41, 5.74) is 0.468. The Morgan fingerprint density at radius 3 is 2.47 bits per heavy atom. The van der Waals surface area contributed by atoms with Crippen LogP contribution in [0.1, 0.15) is 49.5 Å². The van der Waals surface area contributed by atoms with Crippen molar-refractivity contribution in [1.82, 2.24) is 5.32 Å². The Morgan fingerprint density at radius 2 is 1.89 bits per heavy atom. The van der Waals surface area contributed by atoms with Gasteiger partial charge in [0.05, 0.1) is 12.0 Å². The lowest BCUT2D eigenvalue weighted by molar-refractivity contribution is -0.122. The van der Waals surface area contributed by atoms with E-state index >= 15 is 0 Å². The zero-order valence-corrected chi connectivity index (χ0v) is 11.7. The fourth-order valence-electron chi connectivity index (χ4n) is 2.17. The van der Waals surface area contributed by atoms with Gasteiger partial charge in [0.15, 0.2) is 0 Å². The predicted octanol–water partition coefficient (Wildman–Crippen LogP) is 2.62. The average molecular weight is 263 g/mol. The summed E-state index contributed by atoms with van der Waals surface area (Å²) in [5.74, 6) is -1.15. The molecule has 0 saturated heterocycles. The van der Waals surface area contributed by atoms with Crippen molar-refractivity contribution in [3.63, 3.8) is 0 Å². The third kappa shape index (κ3) is 4.73. The second kappa shape index (κ2) is 6.36. The number of carboxylic acids is 1. The quantitative estimate of drug-likeness (QED) is 0.829. The second-order valence-corrected chi connectivity index (χ2v) is 5.32. The highest BCUT2D eigenvalue weighted by Crippen LogP contribution is 2.13. The first-order valence-corrected chi connectivity index (χ1v) is 6.48. The molecule has 0 atom stereocenters. The molecule has 0 aromatic heterocycles. The van der Waals surface area contributed by atoms with Crippen molar-refractivity contribution in [2.24, 2.45) is 0 Å². The second-order valence-electron chi connectivity index (χ2n) is 5.32. The molecule has 1 aromatic rings. The maximum absolute atomic E-state index is 12.0. The zero-order valence-electron chi connectivity index (χ0n) is 11.7. The van der Waals surface area contributed by atoms with Crippen LogP contribution in [-0.4, -0.2) is 22.5 Å².